The van der Waals surface area contributed by atoms with Crippen molar-refractivity contribution in [1.29, 1.82) is 0 Å². The summed E-state index contributed by atoms with van der Waals surface area (Å²) in [6.07, 6.45) is 1.48. The van der Waals surface area contributed by atoms with E-state index in [0.717, 1.165) is 12.0 Å². The van der Waals surface area contributed by atoms with Crippen LogP contribution in [0.4, 0.5) is 0 Å². The Kier molecular flexibility index (Phi) is 6.15. The second kappa shape index (κ2) is 8.36. The molecule has 1 unspecified atom stereocenters. The molecule has 2 aromatic rings. The van der Waals surface area contributed by atoms with Crippen LogP contribution in [0.25, 0.3) is 0 Å². The molecule has 1 aliphatic rings. The average Bonchev–Trinajstić information content (AvgIpc) is 2.63. The van der Waals surface area contributed by atoms with Crippen LogP contribution >= 0.6 is 7.37 Å². The zero-order chi connectivity index (χ0) is 18.6. The van der Waals surface area contributed by atoms with Gasteiger partial charge in [0.05, 0.1) is 19.8 Å². The maximum atomic E-state index is 12.2. The molecule has 26 heavy (non-hydrogen) atoms. The molecular weight excluding hydrogens is 349 g/mol. The van der Waals surface area contributed by atoms with Crippen LogP contribution in [0.2, 0.25) is 0 Å². The van der Waals surface area contributed by atoms with E-state index in [-0.39, 0.29) is 12.1 Å². The smallest absolute Gasteiger partial charge is 0.226 e. The summed E-state index contributed by atoms with van der Waals surface area (Å²) in [6.45, 7) is 2.71. The van der Waals surface area contributed by atoms with E-state index >= 15 is 0 Å². The van der Waals surface area contributed by atoms with E-state index in [1.807, 2.05) is 24.3 Å². The van der Waals surface area contributed by atoms with Crippen LogP contribution < -0.4 is 15.4 Å². The molecule has 0 saturated carbocycles. The van der Waals surface area contributed by atoms with Crippen molar-refractivity contribution >= 4 is 12.7 Å². The minimum atomic E-state index is -3.34. The Balaban J connectivity index is 1.63. The van der Waals surface area contributed by atoms with Crippen molar-refractivity contribution in [2.45, 2.75) is 25.0 Å². The molecule has 6 heteroatoms. The van der Waals surface area contributed by atoms with Gasteiger partial charge < -0.3 is 19.7 Å². The first-order chi connectivity index (χ1) is 12.5. The lowest BCUT2D eigenvalue weighted by molar-refractivity contribution is 0.00508. The second-order valence-electron chi connectivity index (χ2n) is 6.83. The predicted octanol–water partition coefficient (Wildman–Crippen LogP) is 2.36. The lowest BCUT2D eigenvalue weighted by Crippen LogP contribution is -2.48. The molecule has 0 radical (unpaired) electrons. The van der Waals surface area contributed by atoms with Gasteiger partial charge in [0.1, 0.15) is 5.75 Å². The van der Waals surface area contributed by atoms with Crippen molar-refractivity contribution in [3.8, 4) is 5.75 Å². The van der Waals surface area contributed by atoms with E-state index in [0.29, 0.717) is 30.6 Å². The zero-order valence-electron chi connectivity index (χ0n) is 15.2. The molecule has 0 aliphatic carbocycles. The van der Waals surface area contributed by atoms with E-state index < -0.39 is 7.37 Å². The van der Waals surface area contributed by atoms with E-state index in [1.54, 1.807) is 19.2 Å². The van der Waals surface area contributed by atoms with Crippen molar-refractivity contribution < 1.29 is 18.9 Å². The van der Waals surface area contributed by atoms with Gasteiger partial charge in [-0.1, -0.05) is 30.3 Å². The van der Waals surface area contributed by atoms with E-state index in [1.165, 1.54) is 12.2 Å². The summed E-state index contributed by atoms with van der Waals surface area (Å²) in [6, 6.07) is 15.9. The fourth-order valence-corrected chi connectivity index (χ4v) is 4.37. The van der Waals surface area contributed by atoms with Crippen molar-refractivity contribution in [2.24, 2.45) is 0 Å². The monoisotopic (exact) mass is 375 g/mol. The third kappa shape index (κ3) is 4.95. The minimum absolute atomic E-state index is 0.0283. The Morgan fingerprint density at radius 1 is 1.23 bits per heavy atom. The summed E-state index contributed by atoms with van der Waals surface area (Å²) < 4.78 is 23.5. The normalized spacial score (nSPS) is 22.6. The molecule has 0 amide bonds. The summed E-state index contributed by atoms with van der Waals surface area (Å²) in [5.74, 6) is 0.683. The Labute approximate surface area is 154 Å². The van der Waals surface area contributed by atoms with Gasteiger partial charge in [0.15, 0.2) is 0 Å². The fraction of sp³-hybridized carbons (Fsp3) is 0.400. The second-order valence-corrected chi connectivity index (χ2v) is 9.07. The van der Waals surface area contributed by atoms with Gasteiger partial charge in [-0.3, -0.25) is 4.57 Å². The summed E-state index contributed by atoms with van der Waals surface area (Å²) in [7, 11) is -1.75. The molecule has 1 aliphatic heterocycles. The molecule has 5 nitrogen and oxygen atoms in total. The highest BCUT2D eigenvalue weighted by molar-refractivity contribution is 7.65. The molecular formula is C20H26NO4P. The summed E-state index contributed by atoms with van der Waals surface area (Å²) in [4.78, 5) is 10.0. The van der Waals surface area contributed by atoms with Gasteiger partial charge in [-0.15, -0.1) is 0 Å². The quantitative estimate of drug-likeness (QED) is 0.759. The first-order valence-corrected chi connectivity index (χ1v) is 10.9. The van der Waals surface area contributed by atoms with Crippen molar-refractivity contribution in [2.75, 3.05) is 26.9 Å². The van der Waals surface area contributed by atoms with Crippen LogP contribution in [0.1, 0.15) is 11.1 Å². The highest BCUT2D eigenvalue weighted by Crippen LogP contribution is 2.36. The largest absolute Gasteiger partial charge is 0.497 e. The Bertz CT molecular complexity index is 767. The molecule has 3 atom stereocenters. The lowest BCUT2D eigenvalue weighted by atomic mass is 10.0. The van der Waals surface area contributed by atoms with Crippen LogP contribution in [0, 0.1) is 0 Å². The van der Waals surface area contributed by atoms with Crippen LogP contribution in [0.5, 0.6) is 5.75 Å². The molecule has 2 aromatic carbocycles. The van der Waals surface area contributed by atoms with Crippen LogP contribution in [0.15, 0.2) is 48.5 Å². The Morgan fingerprint density at radius 2 is 2.00 bits per heavy atom. The Morgan fingerprint density at radius 3 is 2.62 bits per heavy atom. The number of morpholine rings is 1. The molecule has 0 bridgehead atoms. The van der Waals surface area contributed by atoms with Gasteiger partial charge in [0, 0.05) is 31.0 Å². The molecule has 1 saturated heterocycles. The number of ether oxygens (including phenoxy) is 2. The summed E-state index contributed by atoms with van der Waals surface area (Å²) in [5, 5.41) is 4.02. The Hall–Kier alpha value is -1.65. The van der Waals surface area contributed by atoms with Gasteiger partial charge in [0.2, 0.25) is 7.37 Å². The first kappa shape index (κ1) is 19.1. The van der Waals surface area contributed by atoms with Crippen LogP contribution in [-0.4, -0.2) is 44.0 Å². The van der Waals surface area contributed by atoms with Crippen LogP contribution in [-0.2, 0) is 22.1 Å². The number of hydrogen-bond acceptors (Lipinski definition) is 4. The number of nitrogens with one attached hydrogen (secondary N) is 1. The van der Waals surface area contributed by atoms with Gasteiger partial charge >= 0.3 is 0 Å². The lowest BCUT2D eigenvalue weighted by Gasteiger charge is -2.31. The van der Waals surface area contributed by atoms with Crippen LogP contribution in [0.3, 0.4) is 0 Å². The first-order valence-electron chi connectivity index (χ1n) is 8.82. The highest BCUT2D eigenvalue weighted by atomic mass is 31.2. The number of rotatable bonds is 6. The SMILES string of the molecule is COc1ccc(P(C)(=O)O)c(C[C@@H]2CN[C@@H](Cc3ccccc3)CO2)c1. The van der Waals surface area contributed by atoms with Crippen molar-refractivity contribution in [3.05, 3.63) is 59.7 Å². The molecule has 2 N–H and O–H groups in total. The maximum absolute atomic E-state index is 12.2. The molecule has 0 aromatic heterocycles. The number of methoxy groups -OCH3 is 1. The van der Waals surface area contributed by atoms with Gasteiger partial charge in [0.25, 0.3) is 0 Å². The highest BCUT2D eigenvalue weighted by Gasteiger charge is 2.25. The topological polar surface area (TPSA) is 67.8 Å². The average molecular weight is 375 g/mol. The van der Waals surface area contributed by atoms with E-state index in [9.17, 15) is 9.46 Å². The molecule has 1 fully saturated rings. The zero-order valence-corrected chi connectivity index (χ0v) is 16.1. The van der Waals surface area contributed by atoms with Crippen molar-refractivity contribution in [1.82, 2.24) is 5.32 Å². The van der Waals surface area contributed by atoms with E-state index in [2.05, 4.69) is 17.4 Å². The van der Waals surface area contributed by atoms with Gasteiger partial charge in [-0.05, 0) is 35.7 Å². The third-order valence-electron chi connectivity index (χ3n) is 4.67. The van der Waals surface area contributed by atoms with Crippen molar-refractivity contribution in [3.63, 3.8) is 0 Å². The fourth-order valence-electron chi connectivity index (χ4n) is 3.33. The van der Waals surface area contributed by atoms with E-state index in [4.69, 9.17) is 9.47 Å². The summed E-state index contributed by atoms with van der Waals surface area (Å²) >= 11 is 0. The summed E-state index contributed by atoms with van der Waals surface area (Å²) in [5.41, 5.74) is 2.10. The molecule has 1 heterocycles. The number of benzene rings is 2. The molecule has 3 rings (SSSR count). The molecule has 140 valence electrons. The third-order valence-corrected chi connectivity index (χ3v) is 6.00. The maximum Gasteiger partial charge on any atom is 0.226 e. The standard InChI is InChI=1S/C20H26NO4P/c1-24-18-8-9-20(26(2,22)23)16(11-18)12-19-13-21-17(14-25-19)10-15-6-4-3-5-7-15/h3-9,11,17,19,21H,10,12-14H2,1-2H3,(H,22,23)/t17-,19+/m0/s1. The molecule has 0 spiro atoms. The predicted molar refractivity (Wildman–Crippen MR) is 104 cm³/mol. The minimum Gasteiger partial charge on any atom is -0.497 e. The number of hydrogen-bond donors (Lipinski definition) is 2. The van der Waals surface area contributed by atoms with Gasteiger partial charge in [-0.2, -0.15) is 0 Å². The van der Waals surface area contributed by atoms with Gasteiger partial charge in [-0.25, -0.2) is 0 Å².